The standard InChI is InChI=1S/C10H7NO6S/c12-7-3-4-8(18(15,16)17)5-1-2-6(10(13)14)11-9(5)7/h1-4,12H,(H,13,14)(H,15,16,17)/p-1. The van der Waals surface area contributed by atoms with E-state index in [1.807, 2.05) is 0 Å². The van der Waals surface area contributed by atoms with E-state index in [9.17, 15) is 22.9 Å². The summed E-state index contributed by atoms with van der Waals surface area (Å²) in [6.45, 7) is 0. The quantitative estimate of drug-likeness (QED) is 0.760. The highest BCUT2D eigenvalue weighted by Gasteiger charge is 2.14. The fourth-order valence-corrected chi connectivity index (χ4v) is 2.18. The summed E-state index contributed by atoms with van der Waals surface area (Å²) < 4.78 is 33.0. The van der Waals surface area contributed by atoms with Gasteiger partial charge in [0.05, 0.1) is 4.90 Å². The van der Waals surface area contributed by atoms with Crippen LogP contribution >= 0.6 is 0 Å². The third-order valence-electron chi connectivity index (χ3n) is 2.28. The Balaban J connectivity index is 2.89. The summed E-state index contributed by atoms with van der Waals surface area (Å²) in [5.41, 5.74) is -0.606. The van der Waals surface area contributed by atoms with Gasteiger partial charge in [0.15, 0.2) is 0 Å². The van der Waals surface area contributed by atoms with Crippen LogP contribution in [-0.2, 0) is 10.1 Å². The first-order chi connectivity index (χ1) is 8.30. The van der Waals surface area contributed by atoms with Crippen molar-refractivity contribution in [3.05, 3.63) is 30.0 Å². The molecule has 0 saturated carbocycles. The zero-order valence-electron chi connectivity index (χ0n) is 8.69. The number of fused-ring (bicyclic) bond motifs is 1. The number of hydrogen-bond donors (Lipinski definition) is 2. The van der Waals surface area contributed by atoms with Crippen molar-refractivity contribution in [2.75, 3.05) is 0 Å². The summed E-state index contributed by atoms with van der Waals surface area (Å²) in [6.07, 6.45) is 0. The molecule has 0 fully saturated rings. The lowest BCUT2D eigenvalue weighted by Gasteiger charge is -2.11. The van der Waals surface area contributed by atoms with Crippen molar-refractivity contribution in [1.29, 1.82) is 0 Å². The molecule has 0 atom stereocenters. The van der Waals surface area contributed by atoms with Crippen molar-refractivity contribution < 1.29 is 28.0 Å². The second kappa shape index (κ2) is 3.93. The zero-order valence-corrected chi connectivity index (χ0v) is 9.51. The van der Waals surface area contributed by atoms with E-state index in [0.717, 1.165) is 24.3 Å². The van der Waals surface area contributed by atoms with Gasteiger partial charge in [0.25, 0.3) is 0 Å². The zero-order chi connectivity index (χ0) is 13.5. The second-order valence-electron chi connectivity index (χ2n) is 3.43. The lowest BCUT2D eigenvalue weighted by molar-refractivity contribution is 0.0691. The molecule has 18 heavy (non-hydrogen) atoms. The molecule has 2 N–H and O–H groups in total. The number of carbonyl (C=O) groups is 1. The molecule has 1 aromatic carbocycles. The minimum Gasteiger partial charge on any atom is -0.744 e. The molecule has 0 amide bonds. The number of aromatic carboxylic acids is 1. The Kier molecular flexibility index (Phi) is 2.68. The summed E-state index contributed by atoms with van der Waals surface area (Å²) in [6, 6.07) is 4.10. The number of nitrogens with zero attached hydrogens (tertiary/aromatic N) is 1. The van der Waals surface area contributed by atoms with Crippen molar-refractivity contribution in [3.63, 3.8) is 0 Å². The first kappa shape index (κ1) is 12.3. The van der Waals surface area contributed by atoms with Gasteiger partial charge in [-0.15, -0.1) is 0 Å². The van der Waals surface area contributed by atoms with Crippen molar-refractivity contribution in [2.45, 2.75) is 4.90 Å². The summed E-state index contributed by atoms with van der Waals surface area (Å²) in [4.78, 5) is 13.8. The first-order valence-corrected chi connectivity index (χ1v) is 6.03. The molecule has 7 nitrogen and oxygen atoms in total. The van der Waals surface area contributed by atoms with Crippen molar-refractivity contribution in [1.82, 2.24) is 4.98 Å². The molecule has 0 bridgehead atoms. The molecule has 0 unspecified atom stereocenters. The van der Waals surface area contributed by atoms with Crippen LogP contribution in [0.25, 0.3) is 10.9 Å². The number of carboxylic acid groups (broad SMARTS) is 1. The number of hydrogen-bond acceptors (Lipinski definition) is 6. The molecule has 0 aliphatic carbocycles. The molecule has 2 rings (SSSR count). The molecule has 0 saturated heterocycles. The molecule has 1 heterocycles. The molecule has 2 aromatic rings. The van der Waals surface area contributed by atoms with E-state index in [1.54, 1.807) is 0 Å². The Labute approximate surface area is 101 Å². The topological polar surface area (TPSA) is 128 Å². The highest BCUT2D eigenvalue weighted by atomic mass is 32.2. The van der Waals surface area contributed by atoms with Gasteiger partial charge in [-0.05, 0) is 24.3 Å². The number of pyridine rings is 1. The first-order valence-electron chi connectivity index (χ1n) is 4.62. The fourth-order valence-electron chi connectivity index (χ4n) is 1.51. The maximum Gasteiger partial charge on any atom is 0.354 e. The number of rotatable bonds is 2. The van der Waals surface area contributed by atoms with Gasteiger partial charge in [-0.25, -0.2) is 18.2 Å². The Hall–Kier alpha value is -2.19. The van der Waals surface area contributed by atoms with Gasteiger partial charge in [0.1, 0.15) is 27.1 Å². The van der Waals surface area contributed by atoms with Crippen molar-refractivity contribution >= 4 is 27.0 Å². The van der Waals surface area contributed by atoms with Crippen LogP contribution in [0.5, 0.6) is 5.75 Å². The second-order valence-corrected chi connectivity index (χ2v) is 4.78. The number of phenolic OH excluding ortho intramolecular Hbond substituents is 1. The molecule has 0 radical (unpaired) electrons. The van der Waals surface area contributed by atoms with E-state index in [0.29, 0.717) is 0 Å². The summed E-state index contributed by atoms with van der Waals surface area (Å²) in [5.74, 6) is -1.73. The van der Waals surface area contributed by atoms with Gasteiger partial charge < -0.3 is 14.8 Å². The van der Waals surface area contributed by atoms with Gasteiger partial charge in [-0.3, -0.25) is 0 Å². The number of aromatic nitrogens is 1. The van der Waals surface area contributed by atoms with Gasteiger partial charge in [0, 0.05) is 5.39 Å². The molecule has 94 valence electrons. The normalized spacial score (nSPS) is 11.6. The van der Waals surface area contributed by atoms with E-state index in [1.165, 1.54) is 0 Å². The molecular weight excluding hydrogens is 262 g/mol. The van der Waals surface area contributed by atoms with E-state index in [2.05, 4.69) is 4.98 Å². The third kappa shape index (κ3) is 1.98. The van der Waals surface area contributed by atoms with Crippen LogP contribution < -0.4 is 0 Å². The highest BCUT2D eigenvalue weighted by molar-refractivity contribution is 7.86. The minimum atomic E-state index is -4.73. The summed E-state index contributed by atoms with van der Waals surface area (Å²) in [5, 5.41) is 18.1. The van der Waals surface area contributed by atoms with Crippen LogP contribution in [0.2, 0.25) is 0 Å². The van der Waals surface area contributed by atoms with Gasteiger partial charge in [0.2, 0.25) is 0 Å². The maximum absolute atomic E-state index is 11.0. The number of benzene rings is 1. The predicted molar refractivity (Wildman–Crippen MR) is 58.3 cm³/mol. The highest BCUT2D eigenvalue weighted by Crippen LogP contribution is 2.28. The van der Waals surface area contributed by atoms with E-state index in [4.69, 9.17) is 5.11 Å². The van der Waals surface area contributed by atoms with Crippen molar-refractivity contribution in [2.24, 2.45) is 0 Å². The number of aromatic hydroxyl groups is 1. The Bertz CT molecular complexity index is 752. The summed E-state index contributed by atoms with van der Waals surface area (Å²) >= 11 is 0. The van der Waals surface area contributed by atoms with Crippen LogP contribution in [-0.4, -0.2) is 34.1 Å². The molecule has 0 aliphatic heterocycles. The molecule has 0 spiro atoms. The lowest BCUT2D eigenvalue weighted by atomic mass is 10.2. The lowest BCUT2D eigenvalue weighted by Crippen LogP contribution is -2.03. The van der Waals surface area contributed by atoms with Crippen LogP contribution in [0.15, 0.2) is 29.2 Å². The monoisotopic (exact) mass is 268 g/mol. The van der Waals surface area contributed by atoms with Crippen LogP contribution in [0.3, 0.4) is 0 Å². The average Bonchev–Trinajstić information content (AvgIpc) is 2.27. The molecule has 1 aromatic heterocycles. The van der Waals surface area contributed by atoms with Crippen molar-refractivity contribution in [3.8, 4) is 5.75 Å². The average molecular weight is 268 g/mol. The Morgan fingerprint density at radius 1 is 1.22 bits per heavy atom. The number of carboxylic acids is 1. The van der Waals surface area contributed by atoms with Gasteiger partial charge >= 0.3 is 5.97 Å². The number of phenols is 1. The fraction of sp³-hybridized carbons (Fsp3) is 0. The van der Waals surface area contributed by atoms with E-state index in [-0.39, 0.29) is 16.6 Å². The molecule has 0 aliphatic rings. The van der Waals surface area contributed by atoms with Gasteiger partial charge in [-0.2, -0.15) is 0 Å². The minimum absolute atomic E-state index is 0.116. The largest absolute Gasteiger partial charge is 0.744 e. The van der Waals surface area contributed by atoms with Crippen LogP contribution in [0.4, 0.5) is 0 Å². The SMILES string of the molecule is O=C(O)c1ccc2c(S(=O)(=O)[O-])ccc(O)c2n1. The maximum atomic E-state index is 11.0. The van der Waals surface area contributed by atoms with E-state index >= 15 is 0 Å². The van der Waals surface area contributed by atoms with Gasteiger partial charge in [-0.1, -0.05) is 0 Å². The Morgan fingerprint density at radius 2 is 1.89 bits per heavy atom. The Morgan fingerprint density at radius 3 is 2.44 bits per heavy atom. The van der Waals surface area contributed by atoms with E-state index < -0.39 is 26.7 Å². The molecular formula is C10H6NO6S-. The predicted octanol–water partition coefficient (Wildman–Crippen LogP) is 0.543. The third-order valence-corrected chi connectivity index (χ3v) is 3.18. The smallest absolute Gasteiger partial charge is 0.354 e. The van der Waals surface area contributed by atoms with Crippen LogP contribution in [0.1, 0.15) is 10.5 Å². The summed E-state index contributed by atoms with van der Waals surface area (Å²) in [7, 11) is -4.73. The molecule has 8 heteroatoms. The van der Waals surface area contributed by atoms with Crippen LogP contribution in [0, 0.1) is 0 Å².